The molecule has 1 amide bonds. The van der Waals surface area contributed by atoms with E-state index in [0.717, 1.165) is 6.26 Å². The number of methoxy groups -OCH3 is 1. The first kappa shape index (κ1) is 17.2. The van der Waals surface area contributed by atoms with Crippen molar-refractivity contribution in [3.05, 3.63) is 53.7 Å². The monoisotopic (exact) mass is 353 g/mol. The molecular formula is C15H14ClN2O4S. The summed E-state index contributed by atoms with van der Waals surface area (Å²) < 4.78 is 29.4. The van der Waals surface area contributed by atoms with Crippen LogP contribution < -0.4 is 9.46 Å². The molecule has 0 aliphatic heterocycles. The molecule has 23 heavy (non-hydrogen) atoms. The average molecular weight is 354 g/mol. The molecule has 0 saturated carbocycles. The molecule has 8 heteroatoms. The first-order valence-corrected chi connectivity index (χ1v) is 8.66. The first-order valence-electron chi connectivity index (χ1n) is 6.39. The minimum atomic E-state index is -3.64. The maximum atomic E-state index is 11.9. The maximum absolute atomic E-state index is 11.9. The number of halogens is 1. The van der Waals surface area contributed by atoms with E-state index in [0.29, 0.717) is 27.6 Å². The number of nitrogens with zero attached hydrogens (tertiary/aromatic N) is 1. The van der Waals surface area contributed by atoms with E-state index >= 15 is 0 Å². The highest BCUT2D eigenvalue weighted by molar-refractivity contribution is 7.89. The number of carbonyl (C=O) groups excluding carboxylic acids is 1. The van der Waals surface area contributed by atoms with Gasteiger partial charge >= 0.3 is 0 Å². The summed E-state index contributed by atoms with van der Waals surface area (Å²) in [6.45, 7) is 3.68. The lowest BCUT2D eigenvalue weighted by molar-refractivity contribution is 0.0981. The summed E-state index contributed by atoms with van der Waals surface area (Å²) in [5, 5.41) is 0.406. The van der Waals surface area contributed by atoms with Crippen LogP contribution in [0.5, 0.6) is 5.75 Å². The van der Waals surface area contributed by atoms with E-state index in [1.807, 2.05) is 4.72 Å². The molecule has 1 aromatic carbocycles. The Kier molecular flexibility index (Phi) is 4.91. The fourth-order valence-corrected chi connectivity index (χ4v) is 2.53. The normalized spacial score (nSPS) is 11.1. The molecule has 2 aromatic rings. The van der Waals surface area contributed by atoms with Crippen molar-refractivity contribution >= 4 is 27.5 Å². The van der Waals surface area contributed by atoms with Gasteiger partial charge in [-0.2, -0.15) is 0 Å². The number of hydrogen-bond donors (Lipinski definition) is 1. The van der Waals surface area contributed by atoms with Crippen LogP contribution in [0.1, 0.15) is 16.1 Å². The van der Waals surface area contributed by atoms with E-state index in [1.54, 1.807) is 18.3 Å². The number of nitrogens with one attached hydrogen (secondary N) is 1. The van der Waals surface area contributed by atoms with Gasteiger partial charge in [0.2, 0.25) is 10.0 Å². The highest BCUT2D eigenvalue weighted by atomic mass is 35.5. The Labute approximate surface area is 139 Å². The summed E-state index contributed by atoms with van der Waals surface area (Å²) in [4.78, 5) is 16.0. The smallest absolute Gasteiger partial charge is 0.264 e. The average Bonchev–Trinajstić information content (AvgIpc) is 2.47. The molecule has 1 radical (unpaired) electrons. The minimum absolute atomic E-state index is 0.156. The topological polar surface area (TPSA) is 85.4 Å². The molecular weight excluding hydrogens is 340 g/mol. The van der Waals surface area contributed by atoms with Gasteiger partial charge in [-0.15, -0.1) is 0 Å². The van der Waals surface area contributed by atoms with E-state index in [9.17, 15) is 13.2 Å². The first-order chi connectivity index (χ1) is 10.7. The van der Waals surface area contributed by atoms with Crippen LogP contribution in [0.3, 0.4) is 0 Å². The summed E-state index contributed by atoms with van der Waals surface area (Å²) in [7, 11) is -2.19. The molecule has 1 aromatic heterocycles. The number of carbonyl (C=O) groups is 1. The third-order valence-corrected chi connectivity index (χ3v) is 3.85. The zero-order chi connectivity index (χ0) is 17.2. The number of amides is 1. The molecule has 6 nitrogen and oxygen atoms in total. The van der Waals surface area contributed by atoms with Gasteiger partial charge in [-0.05, 0) is 31.2 Å². The van der Waals surface area contributed by atoms with Gasteiger partial charge in [0.05, 0.1) is 24.1 Å². The molecule has 1 heterocycles. The van der Waals surface area contributed by atoms with E-state index in [2.05, 4.69) is 11.9 Å². The Morgan fingerprint density at radius 1 is 1.35 bits per heavy atom. The second-order valence-corrected chi connectivity index (χ2v) is 6.93. The lowest BCUT2D eigenvalue weighted by Crippen LogP contribution is -2.29. The summed E-state index contributed by atoms with van der Waals surface area (Å²) >= 11 is 6.02. The van der Waals surface area contributed by atoms with Crippen LogP contribution in [-0.4, -0.2) is 32.7 Å². The highest BCUT2D eigenvalue weighted by Gasteiger charge is 2.15. The van der Waals surface area contributed by atoms with Gasteiger partial charge in [-0.1, -0.05) is 11.6 Å². The van der Waals surface area contributed by atoms with Crippen molar-refractivity contribution in [1.82, 2.24) is 9.71 Å². The van der Waals surface area contributed by atoms with Crippen LogP contribution in [0.4, 0.5) is 0 Å². The van der Waals surface area contributed by atoms with Crippen LogP contribution in [-0.2, 0) is 10.0 Å². The van der Waals surface area contributed by atoms with Gasteiger partial charge < -0.3 is 4.74 Å². The molecule has 0 unspecified atom stereocenters. The molecule has 0 aliphatic carbocycles. The summed E-state index contributed by atoms with van der Waals surface area (Å²) in [6.07, 6.45) is 2.49. The van der Waals surface area contributed by atoms with Gasteiger partial charge in [0.25, 0.3) is 5.91 Å². The van der Waals surface area contributed by atoms with Crippen molar-refractivity contribution in [2.75, 3.05) is 13.4 Å². The van der Waals surface area contributed by atoms with Crippen molar-refractivity contribution in [1.29, 1.82) is 0 Å². The van der Waals surface area contributed by atoms with Gasteiger partial charge in [-0.25, -0.2) is 13.1 Å². The van der Waals surface area contributed by atoms with Gasteiger partial charge in [-0.3, -0.25) is 9.78 Å². The molecule has 0 fully saturated rings. The van der Waals surface area contributed by atoms with E-state index in [4.69, 9.17) is 16.3 Å². The Morgan fingerprint density at radius 3 is 2.61 bits per heavy atom. The Balaban J connectivity index is 2.44. The van der Waals surface area contributed by atoms with Crippen LogP contribution in [0, 0.1) is 6.92 Å². The van der Waals surface area contributed by atoms with E-state index in [-0.39, 0.29) is 5.56 Å². The predicted octanol–water partition coefficient (Wildman–Crippen LogP) is 2.28. The molecule has 0 bridgehead atoms. The second kappa shape index (κ2) is 6.55. The number of ether oxygens (including phenoxy) is 1. The van der Waals surface area contributed by atoms with Gasteiger partial charge in [0.15, 0.2) is 0 Å². The van der Waals surface area contributed by atoms with Crippen molar-refractivity contribution < 1.29 is 17.9 Å². The number of aromatic nitrogens is 1. The Bertz CT molecular complexity index is 866. The Hall–Kier alpha value is -2.12. The highest BCUT2D eigenvalue weighted by Crippen LogP contribution is 2.32. The fraction of sp³-hybridized carbons (Fsp3) is 0.133. The molecule has 0 atom stereocenters. The maximum Gasteiger partial charge on any atom is 0.264 e. The summed E-state index contributed by atoms with van der Waals surface area (Å²) in [5.41, 5.74) is 1.97. The summed E-state index contributed by atoms with van der Waals surface area (Å²) in [6, 6.07) is 6.25. The number of pyridine rings is 1. The van der Waals surface area contributed by atoms with Crippen molar-refractivity contribution in [2.24, 2.45) is 0 Å². The summed E-state index contributed by atoms with van der Waals surface area (Å²) in [5.74, 6) is -0.345. The van der Waals surface area contributed by atoms with Crippen LogP contribution in [0.15, 0.2) is 30.5 Å². The van der Waals surface area contributed by atoms with E-state index < -0.39 is 15.9 Å². The van der Waals surface area contributed by atoms with Crippen molar-refractivity contribution in [3.8, 4) is 16.9 Å². The third kappa shape index (κ3) is 4.20. The van der Waals surface area contributed by atoms with Crippen LogP contribution in [0.25, 0.3) is 11.1 Å². The number of rotatable bonds is 4. The third-order valence-electron chi connectivity index (χ3n) is 2.97. The van der Waals surface area contributed by atoms with Crippen LogP contribution >= 0.6 is 11.6 Å². The second-order valence-electron chi connectivity index (χ2n) is 4.77. The molecule has 0 aliphatic rings. The number of hydrogen-bond acceptors (Lipinski definition) is 5. The molecule has 0 spiro atoms. The zero-order valence-electron chi connectivity index (χ0n) is 12.5. The number of sulfonamides is 1. The quantitative estimate of drug-likeness (QED) is 0.911. The van der Waals surface area contributed by atoms with E-state index in [1.165, 1.54) is 19.2 Å². The molecule has 1 N–H and O–H groups in total. The lowest BCUT2D eigenvalue weighted by atomic mass is 10.0. The molecule has 121 valence electrons. The Morgan fingerprint density at radius 2 is 2.04 bits per heavy atom. The van der Waals surface area contributed by atoms with Crippen molar-refractivity contribution in [3.63, 3.8) is 0 Å². The predicted molar refractivity (Wildman–Crippen MR) is 88.0 cm³/mol. The van der Waals surface area contributed by atoms with Crippen LogP contribution in [0.2, 0.25) is 5.02 Å². The number of benzene rings is 1. The fourth-order valence-electron chi connectivity index (χ4n) is 1.91. The minimum Gasteiger partial charge on any atom is -0.496 e. The van der Waals surface area contributed by atoms with Gasteiger partial charge in [0.1, 0.15) is 5.75 Å². The lowest BCUT2D eigenvalue weighted by Gasteiger charge is -2.11. The van der Waals surface area contributed by atoms with Gasteiger partial charge in [0, 0.05) is 22.9 Å². The molecule has 2 rings (SSSR count). The largest absolute Gasteiger partial charge is 0.496 e. The zero-order valence-corrected chi connectivity index (χ0v) is 14.0. The van der Waals surface area contributed by atoms with Crippen molar-refractivity contribution in [2.45, 2.75) is 0 Å². The SMILES string of the molecule is [CH2]c1ncc(-c2ccc(C(=O)NS(C)(=O)=O)cc2OC)cc1Cl. The standard InChI is InChI=1S/C15H14ClN2O4S/c1-9-13(16)6-11(8-17-9)12-5-4-10(7-14(12)22-2)15(19)18-23(3,20)21/h4-8H,1H2,2-3H3,(H,18,19). The molecule has 0 saturated heterocycles.